The predicted octanol–water partition coefficient (Wildman–Crippen LogP) is 2.90. The summed E-state index contributed by atoms with van der Waals surface area (Å²) in [4.78, 5) is 19.9. The summed E-state index contributed by atoms with van der Waals surface area (Å²) in [6, 6.07) is 6.51. The molecule has 0 radical (unpaired) electrons. The number of carbonyl (C=O) groups excluding carboxylic acids is 1. The second-order valence-electron chi connectivity index (χ2n) is 5.37. The maximum absolute atomic E-state index is 12.3. The minimum absolute atomic E-state index is 0.239. The SMILES string of the molecule is Cc1cc(C(=O)Nc2nc3ccc(S(C)(=O)=O)cc3s2)c(C)[nH]1. The monoisotopic (exact) mass is 349 g/mol. The molecule has 0 fully saturated rings. The fraction of sp³-hybridized carbons (Fsp3) is 0.200. The first-order valence-corrected chi connectivity index (χ1v) is 9.53. The van der Waals surface area contributed by atoms with Crippen LogP contribution in [0.3, 0.4) is 0 Å². The lowest BCUT2D eigenvalue weighted by molar-refractivity contribution is 0.102. The van der Waals surface area contributed by atoms with Crippen molar-refractivity contribution in [3.63, 3.8) is 0 Å². The zero-order valence-corrected chi connectivity index (χ0v) is 14.4. The summed E-state index contributed by atoms with van der Waals surface area (Å²) in [6.07, 6.45) is 1.16. The van der Waals surface area contributed by atoms with Crippen LogP contribution < -0.4 is 5.32 Å². The number of anilines is 1. The van der Waals surface area contributed by atoms with Gasteiger partial charge in [0.05, 0.1) is 20.7 Å². The standard InChI is InChI=1S/C15H15N3O3S2/c1-8-6-11(9(2)16-8)14(19)18-15-17-12-5-4-10(23(3,20)21)7-13(12)22-15/h4-7,16H,1-3H3,(H,17,18,19). The Morgan fingerprint density at radius 2 is 2.00 bits per heavy atom. The summed E-state index contributed by atoms with van der Waals surface area (Å²) in [5.74, 6) is -0.241. The van der Waals surface area contributed by atoms with Gasteiger partial charge in [0.15, 0.2) is 15.0 Å². The number of H-pyrrole nitrogens is 1. The Morgan fingerprint density at radius 1 is 1.26 bits per heavy atom. The average Bonchev–Trinajstić information content (AvgIpc) is 2.98. The third kappa shape index (κ3) is 3.13. The number of nitrogens with one attached hydrogen (secondary N) is 2. The smallest absolute Gasteiger partial charge is 0.259 e. The number of carbonyl (C=O) groups is 1. The molecule has 0 atom stereocenters. The van der Waals surface area contributed by atoms with Crippen LogP contribution in [0.5, 0.6) is 0 Å². The van der Waals surface area contributed by atoms with Crippen LogP contribution in [0.4, 0.5) is 5.13 Å². The molecule has 0 aliphatic carbocycles. The molecule has 0 bridgehead atoms. The number of nitrogens with zero attached hydrogens (tertiary/aromatic N) is 1. The van der Waals surface area contributed by atoms with E-state index in [0.29, 0.717) is 20.9 Å². The summed E-state index contributed by atoms with van der Waals surface area (Å²) < 4.78 is 23.9. The molecule has 0 aliphatic heterocycles. The molecule has 6 nitrogen and oxygen atoms in total. The number of rotatable bonds is 3. The van der Waals surface area contributed by atoms with Gasteiger partial charge in [0.1, 0.15) is 0 Å². The van der Waals surface area contributed by atoms with Crippen molar-refractivity contribution >= 4 is 42.4 Å². The fourth-order valence-corrected chi connectivity index (χ4v) is 3.94. The molecule has 120 valence electrons. The quantitative estimate of drug-likeness (QED) is 0.760. The molecule has 2 N–H and O–H groups in total. The summed E-state index contributed by atoms with van der Waals surface area (Å²) in [6.45, 7) is 3.72. The maximum atomic E-state index is 12.3. The van der Waals surface area contributed by atoms with E-state index in [1.54, 1.807) is 18.2 Å². The van der Waals surface area contributed by atoms with Crippen LogP contribution in [0.1, 0.15) is 21.7 Å². The van der Waals surface area contributed by atoms with Gasteiger partial charge in [0, 0.05) is 17.6 Å². The number of thiazole rings is 1. The topological polar surface area (TPSA) is 91.9 Å². The number of hydrogen-bond donors (Lipinski definition) is 2. The number of amides is 1. The molecular formula is C15H15N3O3S2. The predicted molar refractivity (Wildman–Crippen MR) is 90.9 cm³/mol. The molecule has 2 aromatic heterocycles. The molecule has 2 heterocycles. The van der Waals surface area contributed by atoms with Crippen molar-refractivity contribution in [1.82, 2.24) is 9.97 Å². The zero-order valence-electron chi connectivity index (χ0n) is 12.8. The molecule has 3 rings (SSSR count). The molecule has 1 amide bonds. The fourth-order valence-electron chi connectivity index (χ4n) is 2.31. The van der Waals surface area contributed by atoms with Gasteiger partial charge in [-0.05, 0) is 38.1 Å². The number of aromatic nitrogens is 2. The van der Waals surface area contributed by atoms with Crippen LogP contribution >= 0.6 is 11.3 Å². The highest BCUT2D eigenvalue weighted by Gasteiger charge is 2.15. The van der Waals surface area contributed by atoms with Gasteiger partial charge in [-0.15, -0.1) is 0 Å². The van der Waals surface area contributed by atoms with Crippen molar-refractivity contribution < 1.29 is 13.2 Å². The molecule has 23 heavy (non-hydrogen) atoms. The summed E-state index contributed by atoms with van der Waals surface area (Å²) in [5, 5.41) is 3.20. The largest absolute Gasteiger partial charge is 0.362 e. The van der Waals surface area contributed by atoms with Gasteiger partial charge in [-0.25, -0.2) is 13.4 Å². The number of aryl methyl sites for hydroxylation is 2. The van der Waals surface area contributed by atoms with Gasteiger partial charge >= 0.3 is 0 Å². The highest BCUT2D eigenvalue weighted by molar-refractivity contribution is 7.90. The Labute approximate surface area is 137 Å². The molecular weight excluding hydrogens is 334 g/mol. The Kier molecular flexibility index (Phi) is 3.73. The minimum Gasteiger partial charge on any atom is -0.362 e. The van der Waals surface area contributed by atoms with Crippen LogP contribution in [0.25, 0.3) is 10.2 Å². The van der Waals surface area contributed by atoms with E-state index in [0.717, 1.165) is 17.6 Å². The highest BCUT2D eigenvalue weighted by atomic mass is 32.2. The van der Waals surface area contributed by atoms with Crippen molar-refractivity contribution in [2.45, 2.75) is 18.7 Å². The number of sulfone groups is 1. The molecule has 0 unspecified atom stereocenters. The third-order valence-corrected chi connectivity index (χ3v) is 5.45. The third-order valence-electron chi connectivity index (χ3n) is 3.40. The van der Waals surface area contributed by atoms with Crippen molar-refractivity contribution in [3.8, 4) is 0 Å². The lowest BCUT2D eigenvalue weighted by Crippen LogP contribution is -2.11. The van der Waals surface area contributed by atoms with Crippen LogP contribution in [-0.4, -0.2) is 30.5 Å². The van der Waals surface area contributed by atoms with E-state index in [4.69, 9.17) is 0 Å². The number of benzene rings is 1. The molecule has 3 aromatic rings. The Hall–Kier alpha value is -2.19. The summed E-state index contributed by atoms with van der Waals surface area (Å²) in [7, 11) is -3.27. The zero-order chi connectivity index (χ0) is 16.8. The van der Waals surface area contributed by atoms with Gasteiger partial charge in [-0.2, -0.15) is 0 Å². The number of hydrogen-bond acceptors (Lipinski definition) is 5. The van der Waals surface area contributed by atoms with E-state index < -0.39 is 9.84 Å². The second-order valence-corrected chi connectivity index (χ2v) is 8.41. The van der Waals surface area contributed by atoms with E-state index in [1.807, 2.05) is 13.8 Å². The summed E-state index contributed by atoms with van der Waals surface area (Å²) >= 11 is 1.25. The Bertz CT molecular complexity index is 1020. The lowest BCUT2D eigenvalue weighted by atomic mass is 10.2. The Balaban J connectivity index is 1.92. The van der Waals surface area contributed by atoms with Crippen LogP contribution in [0, 0.1) is 13.8 Å². The van der Waals surface area contributed by atoms with E-state index >= 15 is 0 Å². The van der Waals surface area contributed by atoms with E-state index in [-0.39, 0.29) is 10.8 Å². The second kappa shape index (κ2) is 5.47. The normalized spacial score (nSPS) is 11.8. The van der Waals surface area contributed by atoms with Gasteiger partial charge in [0.25, 0.3) is 5.91 Å². The molecule has 1 aromatic carbocycles. The molecule has 8 heteroatoms. The van der Waals surface area contributed by atoms with Crippen molar-refractivity contribution in [1.29, 1.82) is 0 Å². The highest BCUT2D eigenvalue weighted by Crippen LogP contribution is 2.28. The first-order valence-electron chi connectivity index (χ1n) is 6.82. The number of fused-ring (bicyclic) bond motifs is 1. The summed E-state index contributed by atoms with van der Waals surface area (Å²) in [5.41, 5.74) is 2.92. The van der Waals surface area contributed by atoms with Gasteiger partial charge in [-0.3, -0.25) is 10.1 Å². The van der Waals surface area contributed by atoms with E-state index in [9.17, 15) is 13.2 Å². The van der Waals surface area contributed by atoms with Crippen LogP contribution in [-0.2, 0) is 9.84 Å². The molecule has 0 saturated heterocycles. The average molecular weight is 349 g/mol. The van der Waals surface area contributed by atoms with Gasteiger partial charge < -0.3 is 4.98 Å². The first kappa shape index (κ1) is 15.7. The van der Waals surface area contributed by atoms with Crippen LogP contribution in [0.2, 0.25) is 0 Å². The van der Waals surface area contributed by atoms with Crippen molar-refractivity contribution in [2.24, 2.45) is 0 Å². The minimum atomic E-state index is -3.27. The van der Waals surface area contributed by atoms with E-state index in [1.165, 1.54) is 17.4 Å². The van der Waals surface area contributed by atoms with Crippen molar-refractivity contribution in [3.05, 3.63) is 41.2 Å². The molecule has 0 saturated carbocycles. The van der Waals surface area contributed by atoms with Crippen LogP contribution in [0.15, 0.2) is 29.2 Å². The molecule has 0 spiro atoms. The Morgan fingerprint density at radius 3 is 2.61 bits per heavy atom. The van der Waals surface area contributed by atoms with Crippen molar-refractivity contribution in [2.75, 3.05) is 11.6 Å². The number of aromatic amines is 1. The molecule has 0 aliphatic rings. The van der Waals surface area contributed by atoms with E-state index in [2.05, 4.69) is 15.3 Å². The maximum Gasteiger partial charge on any atom is 0.259 e. The first-order chi connectivity index (χ1) is 10.7. The van der Waals surface area contributed by atoms with Gasteiger partial charge in [-0.1, -0.05) is 11.3 Å². The lowest BCUT2D eigenvalue weighted by Gasteiger charge is -1.99. The van der Waals surface area contributed by atoms with Gasteiger partial charge in [0.2, 0.25) is 0 Å².